The maximum Gasteiger partial charge on any atom is 0.323 e. The average molecular weight is 275 g/mol. The molecular formula is C15H17NO4. The van der Waals surface area contributed by atoms with Gasteiger partial charge in [-0.25, -0.2) is 0 Å². The van der Waals surface area contributed by atoms with Crippen molar-refractivity contribution in [1.29, 1.82) is 0 Å². The standard InChI is InChI=1S/C15H17NO4/c1-19-14(17)12-10-7-16-13(11(10)12)15(18)20-8-9-5-3-2-4-6-9/h2-6,10-13,16H,7-8H2,1H3/t10-,11+,12+,13-/m0/s1. The summed E-state index contributed by atoms with van der Waals surface area (Å²) in [5.41, 5.74) is 0.954. The largest absolute Gasteiger partial charge is 0.469 e. The van der Waals surface area contributed by atoms with Crippen LogP contribution in [0.2, 0.25) is 0 Å². The summed E-state index contributed by atoms with van der Waals surface area (Å²) >= 11 is 0. The minimum atomic E-state index is -0.382. The number of hydrogen-bond donors (Lipinski definition) is 1. The average Bonchev–Trinajstić information content (AvgIpc) is 3.04. The van der Waals surface area contributed by atoms with Crippen LogP contribution in [-0.2, 0) is 25.7 Å². The lowest BCUT2D eigenvalue weighted by Crippen LogP contribution is -2.38. The third-order valence-corrected chi connectivity index (χ3v) is 4.14. The number of nitrogens with one attached hydrogen (secondary N) is 1. The van der Waals surface area contributed by atoms with Crippen molar-refractivity contribution in [3.05, 3.63) is 35.9 Å². The molecule has 1 aliphatic heterocycles. The fourth-order valence-electron chi connectivity index (χ4n) is 3.04. The van der Waals surface area contributed by atoms with Gasteiger partial charge in [0.15, 0.2) is 0 Å². The Morgan fingerprint density at radius 3 is 2.70 bits per heavy atom. The molecule has 106 valence electrons. The van der Waals surface area contributed by atoms with Crippen LogP contribution < -0.4 is 5.32 Å². The second-order valence-corrected chi connectivity index (χ2v) is 5.27. The van der Waals surface area contributed by atoms with Gasteiger partial charge in [-0.2, -0.15) is 0 Å². The zero-order chi connectivity index (χ0) is 14.1. The Morgan fingerprint density at radius 1 is 1.25 bits per heavy atom. The maximum absolute atomic E-state index is 12.1. The lowest BCUT2D eigenvalue weighted by molar-refractivity contribution is -0.148. The number of benzene rings is 1. The van der Waals surface area contributed by atoms with Crippen LogP contribution in [0.25, 0.3) is 0 Å². The van der Waals surface area contributed by atoms with Crippen molar-refractivity contribution in [3.8, 4) is 0 Å². The Kier molecular flexibility index (Phi) is 3.44. The van der Waals surface area contributed by atoms with Gasteiger partial charge in [-0.05, 0) is 18.0 Å². The first-order valence-electron chi connectivity index (χ1n) is 6.74. The van der Waals surface area contributed by atoms with Crippen molar-refractivity contribution in [3.63, 3.8) is 0 Å². The lowest BCUT2D eigenvalue weighted by atomic mass is 10.1. The molecule has 5 nitrogen and oxygen atoms in total. The Hall–Kier alpha value is -1.88. The van der Waals surface area contributed by atoms with Crippen molar-refractivity contribution in [2.75, 3.05) is 13.7 Å². The van der Waals surface area contributed by atoms with Gasteiger partial charge in [0.2, 0.25) is 0 Å². The molecule has 1 heterocycles. The summed E-state index contributed by atoms with van der Waals surface area (Å²) in [5, 5.41) is 3.12. The minimum absolute atomic E-state index is 0.0331. The molecule has 3 rings (SSSR count). The Morgan fingerprint density at radius 2 is 2.00 bits per heavy atom. The molecule has 5 heteroatoms. The van der Waals surface area contributed by atoms with Gasteiger partial charge < -0.3 is 14.8 Å². The van der Waals surface area contributed by atoms with Crippen LogP contribution in [-0.4, -0.2) is 31.6 Å². The zero-order valence-electron chi connectivity index (χ0n) is 11.2. The van der Waals surface area contributed by atoms with Crippen LogP contribution in [0.5, 0.6) is 0 Å². The first-order valence-corrected chi connectivity index (χ1v) is 6.74. The molecular weight excluding hydrogens is 258 g/mol. The number of ether oxygens (including phenoxy) is 2. The summed E-state index contributed by atoms with van der Waals surface area (Å²) in [6, 6.07) is 9.16. The van der Waals surface area contributed by atoms with Gasteiger partial charge in [0.05, 0.1) is 13.0 Å². The van der Waals surface area contributed by atoms with Gasteiger partial charge in [-0.3, -0.25) is 9.59 Å². The molecule has 1 aromatic carbocycles. The molecule has 4 atom stereocenters. The first-order chi connectivity index (χ1) is 9.72. The van der Waals surface area contributed by atoms with E-state index in [1.165, 1.54) is 7.11 Å². The zero-order valence-corrected chi connectivity index (χ0v) is 11.2. The number of carbonyl (C=O) groups is 2. The summed E-state index contributed by atoms with van der Waals surface area (Å²) < 4.78 is 10.1. The van der Waals surface area contributed by atoms with Crippen molar-refractivity contribution in [2.24, 2.45) is 17.8 Å². The summed E-state index contributed by atoms with van der Waals surface area (Å²) in [6.07, 6.45) is 0. The van der Waals surface area contributed by atoms with E-state index in [0.717, 1.165) is 5.56 Å². The molecule has 2 fully saturated rings. The van der Waals surface area contributed by atoms with Gasteiger partial charge in [-0.1, -0.05) is 30.3 Å². The van der Waals surface area contributed by atoms with Gasteiger partial charge in [0, 0.05) is 5.92 Å². The molecule has 2 aliphatic rings. The monoisotopic (exact) mass is 275 g/mol. The molecule has 20 heavy (non-hydrogen) atoms. The fourth-order valence-corrected chi connectivity index (χ4v) is 3.04. The molecule has 1 aromatic rings. The van der Waals surface area contributed by atoms with Crippen LogP contribution in [0.3, 0.4) is 0 Å². The molecule has 0 spiro atoms. The molecule has 1 saturated heterocycles. The Bertz CT molecular complexity index is 516. The highest BCUT2D eigenvalue weighted by Gasteiger charge is 2.64. The highest BCUT2D eigenvalue weighted by molar-refractivity contribution is 5.83. The second kappa shape index (κ2) is 5.25. The molecule has 0 aromatic heterocycles. The first kappa shape index (κ1) is 13.1. The predicted molar refractivity (Wildman–Crippen MR) is 70.5 cm³/mol. The van der Waals surface area contributed by atoms with Crippen molar-refractivity contribution in [2.45, 2.75) is 12.6 Å². The molecule has 0 radical (unpaired) electrons. The number of esters is 2. The minimum Gasteiger partial charge on any atom is -0.469 e. The SMILES string of the molecule is COC(=O)[C@@H]1[C@H]2CN[C@H](C(=O)OCc3ccccc3)[C@H]21. The molecule has 0 unspecified atom stereocenters. The topological polar surface area (TPSA) is 64.6 Å². The quantitative estimate of drug-likeness (QED) is 0.821. The van der Waals surface area contributed by atoms with E-state index in [9.17, 15) is 9.59 Å². The van der Waals surface area contributed by atoms with Crippen LogP contribution in [0.15, 0.2) is 30.3 Å². The molecule has 1 N–H and O–H groups in total. The number of rotatable bonds is 4. The highest BCUT2D eigenvalue weighted by atomic mass is 16.5. The smallest absolute Gasteiger partial charge is 0.323 e. The second-order valence-electron chi connectivity index (χ2n) is 5.27. The molecule has 0 bridgehead atoms. The van der Waals surface area contributed by atoms with E-state index < -0.39 is 0 Å². The third-order valence-electron chi connectivity index (χ3n) is 4.14. The van der Waals surface area contributed by atoms with Crippen LogP contribution in [0, 0.1) is 17.8 Å². The van der Waals surface area contributed by atoms with E-state index in [2.05, 4.69) is 5.32 Å². The third kappa shape index (κ3) is 2.29. The normalized spacial score (nSPS) is 30.4. The van der Waals surface area contributed by atoms with Gasteiger partial charge in [0.1, 0.15) is 12.6 Å². The summed E-state index contributed by atoms with van der Waals surface area (Å²) in [5.74, 6) is -0.395. The van der Waals surface area contributed by atoms with E-state index >= 15 is 0 Å². The highest BCUT2D eigenvalue weighted by Crippen LogP contribution is 2.52. The number of carbonyl (C=O) groups excluding carboxylic acids is 2. The van der Waals surface area contributed by atoms with Crippen molar-refractivity contribution < 1.29 is 19.1 Å². The molecule has 1 aliphatic carbocycles. The Labute approximate surface area is 117 Å². The van der Waals surface area contributed by atoms with E-state index in [1.54, 1.807) is 0 Å². The number of methoxy groups -OCH3 is 1. The van der Waals surface area contributed by atoms with Crippen molar-refractivity contribution in [1.82, 2.24) is 5.32 Å². The maximum atomic E-state index is 12.1. The molecule has 1 saturated carbocycles. The summed E-state index contributed by atoms with van der Waals surface area (Å²) in [4.78, 5) is 23.6. The van der Waals surface area contributed by atoms with Gasteiger partial charge in [0.25, 0.3) is 0 Å². The van der Waals surface area contributed by atoms with Crippen LogP contribution in [0.4, 0.5) is 0 Å². The lowest BCUT2D eigenvalue weighted by Gasteiger charge is -2.14. The van der Waals surface area contributed by atoms with Crippen LogP contribution >= 0.6 is 0 Å². The van der Waals surface area contributed by atoms with Crippen molar-refractivity contribution >= 4 is 11.9 Å². The molecule has 0 amide bonds. The van der Waals surface area contributed by atoms with Crippen LogP contribution in [0.1, 0.15) is 5.56 Å². The van der Waals surface area contributed by atoms with E-state index in [4.69, 9.17) is 9.47 Å². The predicted octanol–water partition coefficient (Wildman–Crippen LogP) is 0.737. The van der Waals surface area contributed by atoms with E-state index in [-0.39, 0.29) is 42.3 Å². The number of piperidine rings is 1. The van der Waals surface area contributed by atoms with Gasteiger partial charge in [-0.15, -0.1) is 0 Å². The van der Waals surface area contributed by atoms with Gasteiger partial charge >= 0.3 is 11.9 Å². The fraction of sp³-hybridized carbons (Fsp3) is 0.467. The number of hydrogen-bond acceptors (Lipinski definition) is 5. The Balaban J connectivity index is 1.55. The van der Waals surface area contributed by atoms with E-state index in [0.29, 0.717) is 6.54 Å². The number of fused-ring (bicyclic) bond motifs is 1. The summed E-state index contributed by atoms with van der Waals surface area (Å²) in [7, 11) is 1.38. The summed E-state index contributed by atoms with van der Waals surface area (Å²) in [6.45, 7) is 0.938. The van der Waals surface area contributed by atoms with E-state index in [1.807, 2.05) is 30.3 Å².